The molecule has 0 heterocycles. The summed E-state index contributed by atoms with van der Waals surface area (Å²) >= 11 is 0. The maximum atomic E-state index is 11.1. The summed E-state index contributed by atoms with van der Waals surface area (Å²) in [7, 11) is 0. The molecule has 1 N–H and O–H groups in total. The highest BCUT2D eigenvalue weighted by atomic mass is 16.4. The van der Waals surface area contributed by atoms with E-state index < -0.39 is 5.97 Å². The number of aliphatic carboxylic acids is 1. The van der Waals surface area contributed by atoms with Gasteiger partial charge in [0.1, 0.15) is 6.04 Å². The van der Waals surface area contributed by atoms with Gasteiger partial charge in [-0.05, 0) is 25.8 Å². The van der Waals surface area contributed by atoms with E-state index in [1.807, 2.05) is 6.92 Å². The van der Waals surface area contributed by atoms with Crippen molar-refractivity contribution in [2.45, 2.75) is 64.5 Å². The molecule has 0 radical (unpaired) electrons. The van der Waals surface area contributed by atoms with Crippen LogP contribution >= 0.6 is 0 Å². The lowest BCUT2D eigenvalue weighted by molar-refractivity contribution is -0.144. The molecule has 0 aromatic heterocycles. The van der Waals surface area contributed by atoms with Crippen LogP contribution in [0, 0.1) is 0 Å². The van der Waals surface area contributed by atoms with E-state index in [4.69, 9.17) is 5.11 Å². The van der Waals surface area contributed by atoms with Crippen LogP contribution < -0.4 is 0 Å². The fraction of sp³-hybridized carbons (Fsp3) is 0.917. The standard InChI is InChI=1S/C12H23NO2/c1-3-11(12(14)15)13(4-2)10-8-6-5-7-9-10/h10-11H,3-9H2,1-2H3,(H,14,15). The highest BCUT2D eigenvalue weighted by Gasteiger charge is 2.29. The van der Waals surface area contributed by atoms with E-state index in [1.165, 1.54) is 32.1 Å². The van der Waals surface area contributed by atoms with Crippen LogP contribution in [-0.4, -0.2) is 34.6 Å². The van der Waals surface area contributed by atoms with Crippen LogP contribution in [-0.2, 0) is 4.79 Å². The van der Waals surface area contributed by atoms with E-state index >= 15 is 0 Å². The molecule has 0 saturated heterocycles. The first-order chi connectivity index (χ1) is 7.20. The van der Waals surface area contributed by atoms with Gasteiger partial charge >= 0.3 is 5.97 Å². The molecule has 1 unspecified atom stereocenters. The molecule has 0 aromatic carbocycles. The van der Waals surface area contributed by atoms with Gasteiger partial charge in [-0.3, -0.25) is 9.69 Å². The maximum absolute atomic E-state index is 11.1. The second-order valence-electron chi connectivity index (χ2n) is 4.38. The van der Waals surface area contributed by atoms with Crippen LogP contribution in [0.2, 0.25) is 0 Å². The number of likely N-dealkylation sites (N-methyl/N-ethyl adjacent to an activating group) is 1. The van der Waals surface area contributed by atoms with Crippen molar-refractivity contribution in [3.63, 3.8) is 0 Å². The van der Waals surface area contributed by atoms with E-state index in [2.05, 4.69) is 11.8 Å². The molecule has 1 rings (SSSR count). The third-order valence-corrected chi connectivity index (χ3v) is 3.48. The summed E-state index contributed by atoms with van der Waals surface area (Å²) in [5.74, 6) is -0.662. The largest absolute Gasteiger partial charge is 0.480 e. The van der Waals surface area contributed by atoms with E-state index in [9.17, 15) is 4.79 Å². The third-order valence-electron chi connectivity index (χ3n) is 3.48. The molecular formula is C12H23NO2. The van der Waals surface area contributed by atoms with E-state index in [0.717, 1.165) is 6.54 Å². The molecule has 0 aromatic rings. The minimum Gasteiger partial charge on any atom is -0.480 e. The Hall–Kier alpha value is -0.570. The van der Waals surface area contributed by atoms with Crippen molar-refractivity contribution in [2.75, 3.05) is 6.54 Å². The zero-order valence-electron chi connectivity index (χ0n) is 9.91. The van der Waals surface area contributed by atoms with Gasteiger partial charge in [-0.15, -0.1) is 0 Å². The van der Waals surface area contributed by atoms with E-state index in [-0.39, 0.29) is 6.04 Å². The van der Waals surface area contributed by atoms with Gasteiger partial charge in [0.2, 0.25) is 0 Å². The van der Waals surface area contributed by atoms with E-state index in [0.29, 0.717) is 12.5 Å². The van der Waals surface area contributed by atoms with Gasteiger partial charge < -0.3 is 5.11 Å². The predicted octanol–water partition coefficient (Wildman–Crippen LogP) is 2.50. The number of carboxylic acid groups (broad SMARTS) is 1. The molecule has 1 atom stereocenters. The number of carboxylic acids is 1. The first-order valence-corrected chi connectivity index (χ1v) is 6.19. The third kappa shape index (κ3) is 3.20. The smallest absolute Gasteiger partial charge is 0.320 e. The van der Waals surface area contributed by atoms with Gasteiger partial charge in [0.05, 0.1) is 0 Å². The number of rotatable bonds is 5. The van der Waals surface area contributed by atoms with Crippen LogP contribution in [0.25, 0.3) is 0 Å². The second-order valence-corrected chi connectivity index (χ2v) is 4.38. The number of hydrogen-bond acceptors (Lipinski definition) is 2. The highest BCUT2D eigenvalue weighted by Crippen LogP contribution is 2.24. The quantitative estimate of drug-likeness (QED) is 0.763. The van der Waals surface area contributed by atoms with Gasteiger partial charge in [0.15, 0.2) is 0 Å². The van der Waals surface area contributed by atoms with Gasteiger partial charge in [-0.2, -0.15) is 0 Å². The van der Waals surface area contributed by atoms with Crippen LogP contribution in [0.5, 0.6) is 0 Å². The summed E-state index contributed by atoms with van der Waals surface area (Å²) in [4.78, 5) is 13.3. The molecule has 88 valence electrons. The zero-order chi connectivity index (χ0) is 11.3. The fourth-order valence-electron chi connectivity index (χ4n) is 2.70. The molecule has 3 heteroatoms. The van der Waals surface area contributed by atoms with Crippen molar-refractivity contribution in [2.24, 2.45) is 0 Å². The van der Waals surface area contributed by atoms with Crippen LogP contribution in [0.4, 0.5) is 0 Å². The van der Waals surface area contributed by atoms with E-state index in [1.54, 1.807) is 0 Å². The number of nitrogens with zero attached hydrogens (tertiary/aromatic N) is 1. The van der Waals surface area contributed by atoms with Crippen molar-refractivity contribution in [1.29, 1.82) is 0 Å². The topological polar surface area (TPSA) is 40.5 Å². The zero-order valence-corrected chi connectivity index (χ0v) is 9.91. The van der Waals surface area contributed by atoms with Gasteiger partial charge in [0, 0.05) is 6.04 Å². The Bertz CT molecular complexity index is 200. The molecule has 0 bridgehead atoms. The lowest BCUT2D eigenvalue weighted by atomic mass is 9.93. The van der Waals surface area contributed by atoms with Crippen molar-refractivity contribution < 1.29 is 9.90 Å². The van der Waals surface area contributed by atoms with Crippen LogP contribution in [0.15, 0.2) is 0 Å². The summed E-state index contributed by atoms with van der Waals surface area (Å²) < 4.78 is 0. The van der Waals surface area contributed by atoms with Crippen molar-refractivity contribution >= 4 is 5.97 Å². The minimum absolute atomic E-state index is 0.280. The predicted molar refractivity (Wildman–Crippen MR) is 61.0 cm³/mol. The Morgan fingerprint density at radius 1 is 1.33 bits per heavy atom. The maximum Gasteiger partial charge on any atom is 0.320 e. The summed E-state index contributed by atoms with van der Waals surface area (Å²) in [5.41, 5.74) is 0. The summed E-state index contributed by atoms with van der Waals surface area (Å²) in [6.07, 6.45) is 6.90. The molecule has 0 amide bonds. The molecule has 0 spiro atoms. The molecular weight excluding hydrogens is 190 g/mol. The van der Waals surface area contributed by atoms with Gasteiger partial charge in [0.25, 0.3) is 0 Å². The molecule has 3 nitrogen and oxygen atoms in total. The lowest BCUT2D eigenvalue weighted by Crippen LogP contribution is -2.47. The molecule has 15 heavy (non-hydrogen) atoms. The Balaban J connectivity index is 2.62. The molecule has 1 aliphatic carbocycles. The summed E-state index contributed by atoms with van der Waals surface area (Å²) in [6.45, 7) is 4.89. The SMILES string of the molecule is CCC(C(=O)O)N(CC)C1CCCCC1. The van der Waals surface area contributed by atoms with Crippen molar-refractivity contribution in [3.8, 4) is 0 Å². The average Bonchev–Trinajstić information content (AvgIpc) is 2.26. The van der Waals surface area contributed by atoms with Gasteiger partial charge in [-0.25, -0.2) is 0 Å². The normalized spacial score (nSPS) is 20.5. The Kier molecular flexibility index (Phi) is 5.09. The van der Waals surface area contributed by atoms with Crippen molar-refractivity contribution in [1.82, 2.24) is 4.90 Å². The molecule has 1 fully saturated rings. The summed E-state index contributed by atoms with van der Waals surface area (Å²) in [5, 5.41) is 9.16. The first-order valence-electron chi connectivity index (χ1n) is 6.19. The van der Waals surface area contributed by atoms with Crippen LogP contribution in [0.1, 0.15) is 52.4 Å². The molecule has 1 aliphatic rings. The Morgan fingerprint density at radius 2 is 1.93 bits per heavy atom. The first kappa shape index (κ1) is 12.5. The van der Waals surface area contributed by atoms with Gasteiger partial charge in [-0.1, -0.05) is 33.1 Å². The second kappa shape index (κ2) is 6.11. The monoisotopic (exact) mass is 213 g/mol. The molecule has 0 aliphatic heterocycles. The highest BCUT2D eigenvalue weighted by molar-refractivity contribution is 5.73. The number of carbonyl (C=O) groups is 1. The van der Waals surface area contributed by atoms with Crippen molar-refractivity contribution in [3.05, 3.63) is 0 Å². The minimum atomic E-state index is -0.662. The lowest BCUT2D eigenvalue weighted by Gasteiger charge is -2.37. The number of hydrogen-bond donors (Lipinski definition) is 1. The molecule has 1 saturated carbocycles. The Labute approximate surface area is 92.5 Å². The average molecular weight is 213 g/mol. The van der Waals surface area contributed by atoms with Crippen LogP contribution in [0.3, 0.4) is 0 Å². The Morgan fingerprint density at radius 3 is 2.33 bits per heavy atom. The fourth-order valence-corrected chi connectivity index (χ4v) is 2.70. The summed E-state index contributed by atoms with van der Waals surface area (Å²) in [6, 6.07) is 0.225.